The fraction of sp³-hybridized carbons (Fsp3) is 0.200. The molecule has 7 nitrogen and oxygen atoms in total. The van der Waals surface area contributed by atoms with Crippen LogP contribution in [-0.2, 0) is 12.7 Å². The SMILES string of the molecule is COc1ccc(CNC(=O)c2nn(-c3ccccc3C(F)(F)F)c(C)cc2=O)cn1. The predicted octanol–water partition coefficient (Wildman–Crippen LogP) is 2.89. The number of hydrogen-bond donors (Lipinski definition) is 1. The van der Waals surface area contributed by atoms with Crippen LogP contribution in [0.25, 0.3) is 5.69 Å². The van der Waals surface area contributed by atoms with Gasteiger partial charge in [0.1, 0.15) is 0 Å². The molecular weight excluding hydrogens is 401 g/mol. The first-order chi connectivity index (χ1) is 14.2. The molecule has 0 bridgehead atoms. The Balaban J connectivity index is 1.92. The molecule has 1 amide bonds. The minimum absolute atomic E-state index is 0.0456. The summed E-state index contributed by atoms with van der Waals surface area (Å²) in [6, 6.07) is 9.15. The van der Waals surface area contributed by atoms with Crippen molar-refractivity contribution in [1.29, 1.82) is 0 Å². The van der Waals surface area contributed by atoms with E-state index in [2.05, 4.69) is 15.4 Å². The number of amides is 1. The number of ether oxygens (including phenoxy) is 1. The maximum atomic E-state index is 13.4. The van der Waals surface area contributed by atoms with E-state index in [-0.39, 0.29) is 17.9 Å². The molecule has 0 saturated heterocycles. The number of carbonyl (C=O) groups is 1. The number of rotatable bonds is 5. The molecule has 0 radical (unpaired) electrons. The molecule has 30 heavy (non-hydrogen) atoms. The first kappa shape index (κ1) is 21.0. The molecule has 0 spiro atoms. The Morgan fingerprint density at radius 1 is 1.20 bits per heavy atom. The summed E-state index contributed by atoms with van der Waals surface area (Å²) < 4.78 is 46.0. The maximum absolute atomic E-state index is 13.4. The number of alkyl halides is 3. The Morgan fingerprint density at radius 3 is 2.57 bits per heavy atom. The Hall–Kier alpha value is -3.69. The lowest BCUT2D eigenvalue weighted by Crippen LogP contribution is -2.32. The number of nitrogens with one attached hydrogen (secondary N) is 1. The minimum atomic E-state index is -4.63. The van der Waals surface area contributed by atoms with Gasteiger partial charge in [0, 0.05) is 30.6 Å². The van der Waals surface area contributed by atoms with E-state index in [0.29, 0.717) is 11.4 Å². The predicted molar refractivity (Wildman–Crippen MR) is 102 cm³/mol. The molecule has 1 N–H and O–H groups in total. The van der Waals surface area contributed by atoms with Crippen molar-refractivity contribution in [3.8, 4) is 11.6 Å². The van der Waals surface area contributed by atoms with Crippen LogP contribution in [0.3, 0.4) is 0 Å². The van der Waals surface area contributed by atoms with Gasteiger partial charge in [-0.15, -0.1) is 0 Å². The Kier molecular flexibility index (Phi) is 5.86. The summed E-state index contributed by atoms with van der Waals surface area (Å²) in [7, 11) is 1.47. The molecule has 0 fully saturated rings. The van der Waals surface area contributed by atoms with Gasteiger partial charge >= 0.3 is 6.18 Å². The van der Waals surface area contributed by atoms with Crippen LogP contribution >= 0.6 is 0 Å². The average Bonchev–Trinajstić information content (AvgIpc) is 2.72. The minimum Gasteiger partial charge on any atom is -0.481 e. The smallest absolute Gasteiger partial charge is 0.418 e. The summed E-state index contributed by atoms with van der Waals surface area (Å²) in [6.45, 7) is 1.48. The summed E-state index contributed by atoms with van der Waals surface area (Å²) in [5, 5.41) is 6.43. The van der Waals surface area contributed by atoms with Gasteiger partial charge in [0.2, 0.25) is 11.3 Å². The summed E-state index contributed by atoms with van der Waals surface area (Å²) in [6.07, 6.45) is -3.14. The number of halogens is 3. The maximum Gasteiger partial charge on any atom is 0.418 e. The average molecular weight is 418 g/mol. The molecule has 0 aliphatic heterocycles. The van der Waals surface area contributed by atoms with Crippen molar-refractivity contribution in [3.63, 3.8) is 0 Å². The molecule has 0 saturated carbocycles. The highest BCUT2D eigenvalue weighted by Gasteiger charge is 2.34. The van der Waals surface area contributed by atoms with E-state index in [1.807, 2.05) is 0 Å². The third-order valence-electron chi connectivity index (χ3n) is 4.22. The third kappa shape index (κ3) is 4.48. The van der Waals surface area contributed by atoms with E-state index in [4.69, 9.17) is 4.74 Å². The Bertz CT molecular complexity index is 1130. The molecule has 10 heteroatoms. The first-order valence-corrected chi connectivity index (χ1v) is 8.75. The number of benzene rings is 1. The molecule has 3 rings (SSSR count). The highest BCUT2D eigenvalue weighted by molar-refractivity contribution is 5.92. The Labute approximate surface area is 169 Å². The number of aryl methyl sites for hydroxylation is 1. The van der Waals surface area contributed by atoms with E-state index in [0.717, 1.165) is 16.8 Å². The lowest BCUT2D eigenvalue weighted by atomic mass is 10.1. The summed E-state index contributed by atoms with van der Waals surface area (Å²) in [5.74, 6) is -0.412. The second-order valence-corrected chi connectivity index (χ2v) is 6.32. The fourth-order valence-electron chi connectivity index (χ4n) is 2.75. The monoisotopic (exact) mass is 418 g/mol. The van der Waals surface area contributed by atoms with Crippen molar-refractivity contribution in [1.82, 2.24) is 20.1 Å². The number of para-hydroxylation sites is 1. The van der Waals surface area contributed by atoms with Gasteiger partial charge in [-0.1, -0.05) is 18.2 Å². The number of pyridine rings is 1. The van der Waals surface area contributed by atoms with Crippen molar-refractivity contribution >= 4 is 5.91 Å². The normalized spacial score (nSPS) is 11.2. The van der Waals surface area contributed by atoms with Gasteiger partial charge < -0.3 is 10.1 Å². The summed E-state index contributed by atoms with van der Waals surface area (Å²) >= 11 is 0. The highest BCUT2D eigenvalue weighted by atomic mass is 19.4. The summed E-state index contributed by atoms with van der Waals surface area (Å²) in [5.41, 5.74) is -1.62. The topological polar surface area (TPSA) is 86.1 Å². The summed E-state index contributed by atoms with van der Waals surface area (Å²) in [4.78, 5) is 28.7. The van der Waals surface area contributed by atoms with Crippen molar-refractivity contribution in [2.45, 2.75) is 19.6 Å². The van der Waals surface area contributed by atoms with Crippen molar-refractivity contribution < 1.29 is 22.7 Å². The van der Waals surface area contributed by atoms with Gasteiger partial charge in [-0.2, -0.15) is 18.3 Å². The van der Waals surface area contributed by atoms with Crippen LogP contribution in [0, 0.1) is 6.92 Å². The standard InChI is InChI=1S/C20H17F3N4O3/c1-12-9-16(28)18(19(29)25-11-13-7-8-17(30-2)24-10-13)26-27(12)15-6-4-3-5-14(15)20(21,22)23/h3-10H,11H2,1-2H3,(H,25,29). The van der Waals surface area contributed by atoms with Crippen LogP contribution < -0.4 is 15.5 Å². The largest absolute Gasteiger partial charge is 0.481 e. The van der Waals surface area contributed by atoms with E-state index in [9.17, 15) is 22.8 Å². The number of aromatic nitrogens is 3. The molecule has 0 unspecified atom stereocenters. The van der Waals surface area contributed by atoms with Crippen molar-refractivity contribution in [2.75, 3.05) is 7.11 Å². The quantitative estimate of drug-likeness (QED) is 0.689. The van der Waals surface area contributed by atoms with E-state index >= 15 is 0 Å². The fourth-order valence-corrected chi connectivity index (χ4v) is 2.75. The Morgan fingerprint density at radius 2 is 1.93 bits per heavy atom. The van der Waals surface area contributed by atoms with Crippen LogP contribution in [0.15, 0.2) is 53.5 Å². The van der Waals surface area contributed by atoms with Crippen molar-refractivity contribution in [3.05, 3.63) is 81.4 Å². The zero-order valence-electron chi connectivity index (χ0n) is 16.0. The lowest BCUT2D eigenvalue weighted by molar-refractivity contribution is -0.137. The van der Waals surface area contributed by atoms with Gasteiger partial charge in [0.05, 0.1) is 18.4 Å². The highest BCUT2D eigenvalue weighted by Crippen LogP contribution is 2.33. The molecule has 0 aliphatic carbocycles. The molecule has 1 aromatic carbocycles. The zero-order chi connectivity index (χ0) is 21.9. The zero-order valence-corrected chi connectivity index (χ0v) is 16.0. The molecule has 2 heterocycles. The van der Waals surface area contributed by atoms with E-state index in [1.165, 1.54) is 38.4 Å². The van der Waals surface area contributed by atoms with Gasteiger partial charge in [-0.05, 0) is 24.6 Å². The van der Waals surface area contributed by atoms with Crippen LogP contribution in [-0.4, -0.2) is 27.8 Å². The second kappa shape index (κ2) is 8.36. The molecule has 3 aromatic rings. The van der Waals surface area contributed by atoms with Crippen LogP contribution in [0.5, 0.6) is 5.88 Å². The molecule has 156 valence electrons. The van der Waals surface area contributed by atoms with Gasteiger partial charge in [0.25, 0.3) is 5.91 Å². The van der Waals surface area contributed by atoms with Crippen LogP contribution in [0.1, 0.15) is 27.3 Å². The van der Waals surface area contributed by atoms with Gasteiger partial charge in [-0.25, -0.2) is 9.67 Å². The third-order valence-corrected chi connectivity index (χ3v) is 4.22. The first-order valence-electron chi connectivity index (χ1n) is 8.75. The number of hydrogen-bond acceptors (Lipinski definition) is 5. The number of nitrogens with zero attached hydrogens (tertiary/aromatic N) is 3. The van der Waals surface area contributed by atoms with Gasteiger partial charge in [-0.3, -0.25) is 9.59 Å². The lowest BCUT2D eigenvalue weighted by Gasteiger charge is -2.16. The molecular formula is C20H17F3N4O3. The molecule has 2 aromatic heterocycles. The molecule has 0 aliphatic rings. The van der Waals surface area contributed by atoms with E-state index < -0.39 is 28.8 Å². The van der Waals surface area contributed by atoms with E-state index in [1.54, 1.807) is 12.1 Å². The number of carbonyl (C=O) groups excluding carboxylic acids is 1. The van der Waals surface area contributed by atoms with Crippen molar-refractivity contribution in [2.24, 2.45) is 0 Å². The number of methoxy groups -OCH3 is 1. The van der Waals surface area contributed by atoms with Crippen LogP contribution in [0.4, 0.5) is 13.2 Å². The second-order valence-electron chi connectivity index (χ2n) is 6.32. The molecule has 0 atom stereocenters. The van der Waals surface area contributed by atoms with Crippen LogP contribution in [0.2, 0.25) is 0 Å². The van der Waals surface area contributed by atoms with Gasteiger partial charge in [0.15, 0.2) is 5.69 Å².